The minimum absolute atomic E-state index is 0.0404. The van der Waals surface area contributed by atoms with E-state index < -0.39 is 0 Å². The Morgan fingerprint density at radius 3 is 2.33 bits per heavy atom. The van der Waals surface area contributed by atoms with E-state index in [1.165, 1.54) is 0 Å². The predicted octanol–water partition coefficient (Wildman–Crippen LogP) is 3.51. The van der Waals surface area contributed by atoms with Crippen LogP contribution in [0.5, 0.6) is 0 Å². The predicted molar refractivity (Wildman–Crippen MR) is 77.8 cm³/mol. The number of hydrogen-bond donors (Lipinski definition) is 1. The molecule has 0 spiro atoms. The van der Waals surface area contributed by atoms with E-state index in [2.05, 4.69) is 44.1 Å². The number of carbonyl (C=O) groups is 1. The number of nitrogens with one attached hydrogen (secondary N) is 1. The lowest BCUT2D eigenvalue weighted by atomic mass is 9.92. The summed E-state index contributed by atoms with van der Waals surface area (Å²) in [5.41, 5.74) is 0.494. The third-order valence-corrected chi connectivity index (χ3v) is 4.05. The number of hydrogen-bond acceptors (Lipinski definition) is 2. The zero-order valence-corrected chi connectivity index (χ0v) is 13.3. The van der Waals surface area contributed by atoms with Gasteiger partial charge in [-0.2, -0.15) is 0 Å². The molecule has 1 amide bonds. The fourth-order valence-electron chi connectivity index (χ4n) is 1.98. The van der Waals surface area contributed by atoms with Crippen molar-refractivity contribution in [2.45, 2.75) is 25.3 Å². The van der Waals surface area contributed by atoms with E-state index in [0.717, 1.165) is 21.8 Å². The van der Waals surface area contributed by atoms with Gasteiger partial charge in [0.1, 0.15) is 0 Å². The SMILES string of the molecule is CC1(NC(=O)c2cc(Br)cc(Br)c2)CCOCC1. The maximum absolute atomic E-state index is 12.2. The third-order valence-electron chi connectivity index (χ3n) is 3.14. The fourth-order valence-corrected chi connectivity index (χ4v) is 3.27. The number of ether oxygens (including phenoxy) is 1. The first-order valence-corrected chi connectivity index (χ1v) is 7.43. The topological polar surface area (TPSA) is 38.3 Å². The van der Waals surface area contributed by atoms with Gasteiger partial charge in [-0.15, -0.1) is 0 Å². The number of carbonyl (C=O) groups excluding carboxylic acids is 1. The smallest absolute Gasteiger partial charge is 0.251 e. The second-order valence-corrected chi connectivity index (χ2v) is 6.62. The van der Waals surface area contributed by atoms with Crippen molar-refractivity contribution in [1.82, 2.24) is 5.32 Å². The van der Waals surface area contributed by atoms with Crippen LogP contribution in [-0.4, -0.2) is 24.7 Å². The highest BCUT2D eigenvalue weighted by molar-refractivity contribution is 9.11. The number of amides is 1. The van der Waals surface area contributed by atoms with Gasteiger partial charge in [-0.25, -0.2) is 0 Å². The maximum atomic E-state index is 12.2. The van der Waals surface area contributed by atoms with Crippen molar-refractivity contribution in [1.29, 1.82) is 0 Å². The summed E-state index contributed by atoms with van der Waals surface area (Å²) in [5.74, 6) is -0.0404. The van der Waals surface area contributed by atoms with Gasteiger partial charge in [-0.3, -0.25) is 4.79 Å². The van der Waals surface area contributed by atoms with E-state index in [1.54, 1.807) is 0 Å². The largest absolute Gasteiger partial charge is 0.381 e. The molecule has 1 fully saturated rings. The van der Waals surface area contributed by atoms with E-state index in [4.69, 9.17) is 4.74 Å². The van der Waals surface area contributed by atoms with Gasteiger partial charge in [0, 0.05) is 33.3 Å². The van der Waals surface area contributed by atoms with Crippen LogP contribution in [0.25, 0.3) is 0 Å². The van der Waals surface area contributed by atoms with Crippen LogP contribution in [-0.2, 0) is 4.74 Å². The lowest BCUT2D eigenvalue weighted by Gasteiger charge is -2.34. The van der Waals surface area contributed by atoms with Crippen LogP contribution in [0, 0.1) is 0 Å². The summed E-state index contributed by atoms with van der Waals surface area (Å²) in [6.07, 6.45) is 1.71. The number of halogens is 2. The Bertz CT molecular complexity index is 436. The maximum Gasteiger partial charge on any atom is 0.251 e. The van der Waals surface area contributed by atoms with Crippen molar-refractivity contribution >= 4 is 37.8 Å². The van der Waals surface area contributed by atoms with Crippen molar-refractivity contribution < 1.29 is 9.53 Å². The zero-order valence-electron chi connectivity index (χ0n) is 10.1. The van der Waals surface area contributed by atoms with Crippen molar-refractivity contribution in [3.8, 4) is 0 Å². The standard InChI is InChI=1S/C13H15Br2NO2/c1-13(2-4-18-5-3-13)16-12(17)9-6-10(14)8-11(15)7-9/h6-8H,2-5H2,1H3,(H,16,17). The molecule has 18 heavy (non-hydrogen) atoms. The first kappa shape index (κ1) is 14.0. The average Bonchev–Trinajstić information content (AvgIpc) is 2.28. The van der Waals surface area contributed by atoms with Crippen LogP contribution in [0.2, 0.25) is 0 Å². The van der Waals surface area contributed by atoms with Gasteiger partial charge < -0.3 is 10.1 Å². The van der Waals surface area contributed by atoms with Crippen LogP contribution in [0.4, 0.5) is 0 Å². The van der Waals surface area contributed by atoms with Crippen LogP contribution < -0.4 is 5.32 Å². The second kappa shape index (κ2) is 5.72. The van der Waals surface area contributed by atoms with Crippen molar-refractivity contribution in [3.05, 3.63) is 32.7 Å². The monoisotopic (exact) mass is 375 g/mol. The van der Waals surface area contributed by atoms with E-state index in [1.807, 2.05) is 18.2 Å². The van der Waals surface area contributed by atoms with Gasteiger partial charge in [0.05, 0.1) is 0 Å². The average molecular weight is 377 g/mol. The molecule has 98 valence electrons. The molecular weight excluding hydrogens is 362 g/mol. The normalized spacial score (nSPS) is 18.4. The lowest BCUT2D eigenvalue weighted by molar-refractivity contribution is 0.0423. The molecule has 0 unspecified atom stereocenters. The molecule has 0 bridgehead atoms. The van der Waals surface area contributed by atoms with Gasteiger partial charge in [0.15, 0.2) is 0 Å². The first-order valence-electron chi connectivity index (χ1n) is 5.85. The van der Waals surface area contributed by atoms with E-state index in [-0.39, 0.29) is 11.4 Å². The fraction of sp³-hybridized carbons (Fsp3) is 0.462. The number of rotatable bonds is 2. The van der Waals surface area contributed by atoms with Gasteiger partial charge in [-0.05, 0) is 38.0 Å². The molecule has 1 saturated heterocycles. The summed E-state index contributed by atoms with van der Waals surface area (Å²) in [5, 5.41) is 3.11. The Morgan fingerprint density at radius 1 is 1.22 bits per heavy atom. The second-order valence-electron chi connectivity index (χ2n) is 4.79. The highest BCUT2D eigenvalue weighted by Gasteiger charge is 2.29. The summed E-state index contributed by atoms with van der Waals surface area (Å²) < 4.78 is 7.10. The zero-order chi connectivity index (χ0) is 13.2. The van der Waals surface area contributed by atoms with E-state index in [0.29, 0.717) is 18.8 Å². The molecule has 1 aromatic carbocycles. The Labute approximate surface area is 124 Å². The molecule has 0 atom stereocenters. The molecule has 0 saturated carbocycles. The molecule has 3 nitrogen and oxygen atoms in total. The third kappa shape index (κ3) is 3.56. The minimum Gasteiger partial charge on any atom is -0.381 e. The van der Waals surface area contributed by atoms with E-state index >= 15 is 0 Å². The molecule has 0 aliphatic carbocycles. The van der Waals surface area contributed by atoms with Crippen LogP contribution in [0.3, 0.4) is 0 Å². The van der Waals surface area contributed by atoms with Crippen LogP contribution in [0.1, 0.15) is 30.1 Å². The Balaban J connectivity index is 2.11. The van der Waals surface area contributed by atoms with Crippen molar-refractivity contribution in [2.24, 2.45) is 0 Å². The Morgan fingerprint density at radius 2 is 1.78 bits per heavy atom. The van der Waals surface area contributed by atoms with Gasteiger partial charge in [0.2, 0.25) is 0 Å². The van der Waals surface area contributed by atoms with Crippen molar-refractivity contribution in [3.63, 3.8) is 0 Å². The molecule has 1 heterocycles. The van der Waals surface area contributed by atoms with Crippen molar-refractivity contribution in [2.75, 3.05) is 13.2 Å². The van der Waals surface area contributed by atoms with Gasteiger partial charge in [0.25, 0.3) is 5.91 Å². The summed E-state index contributed by atoms with van der Waals surface area (Å²) in [6.45, 7) is 3.48. The Hall–Kier alpha value is -0.390. The molecular formula is C13H15Br2NO2. The van der Waals surface area contributed by atoms with E-state index in [9.17, 15) is 4.79 Å². The number of benzene rings is 1. The summed E-state index contributed by atoms with van der Waals surface area (Å²) in [7, 11) is 0. The minimum atomic E-state index is -0.163. The lowest BCUT2D eigenvalue weighted by Crippen LogP contribution is -2.49. The molecule has 0 radical (unpaired) electrons. The molecule has 5 heteroatoms. The van der Waals surface area contributed by atoms with Gasteiger partial charge in [-0.1, -0.05) is 31.9 Å². The molecule has 0 aromatic heterocycles. The molecule has 1 aliphatic rings. The summed E-state index contributed by atoms with van der Waals surface area (Å²) in [6, 6.07) is 5.55. The first-order chi connectivity index (χ1) is 8.48. The molecule has 1 aromatic rings. The highest BCUT2D eigenvalue weighted by Crippen LogP contribution is 2.23. The quantitative estimate of drug-likeness (QED) is 0.857. The van der Waals surface area contributed by atoms with Gasteiger partial charge >= 0.3 is 0 Å². The Kier molecular flexibility index (Phi) is 4.45. The molecule has 2 rings (SSSR count). The highest BCUT2D eigenvalue weighted by atomic mass is 79.9. The van der Waals surface area contributed by atoms with Crippen LogP contribution in [0.15, 0.2) is 27.1 Å². The summed E-state index contributed by atoms with van der Waals surface area (Å²) in [4.78, 5) is 12.2. The molecule has 1 aliphatic heterocycles. The van der Waals surface area contributed by atoms with Crippen LogP contribution >= 0.6 is 31.9 Å². The molecule has 1 N–H and O–H groups in total. The summed E-state index contributed by atoms with van der Waals surface area (Å²) >= 11 is 6.78.